The van der Waals surface area contributed by atoms with Gasteiger partial charge in [-0.2, -0.15) is 0 Å². The van der Waals surface area contributed by atoms with Gasteiger partial charge in [0.05, 0.1) is 13.2 Å². The van der Waals surface area contributed by atoms with Gasteiger partial charge in [-0.15, -0.1) is 0 Å². The molecule has 1 atom stereocenters. The lowest BCUT2D eigenvalue weighted by atomic mass is 10.1. The fraction of sp³-hybridized carbons (Fsp3) is 0.667. The first-order chi connectivity index (χ1) is 9.42. The molecule has 4 nitrogen and oxygen atoms in total. The van der Waals surface area contributed by atoms with Gasteiger partial charge in [-0.05, 0) is 50.4 Å². The number of aromatic nitrogens is 1. The number of aliphatic hydroxyl groups excluding tert-OH is 1. The third-order valence-corrected chi connectivity index (χ3v) is 3.65. The van der Waals surface area contributed by atoms with Crippen LogP contribution in [0.4, 0.5) is 0 Å². The van der Waals surface area contributed by atoms with Gasteiger partial charge < -0.3 is 9.84 Å². The quantitative estimate of drug-likeness (QED) is 0.730. The minimum Gasteiger partial charge on any atom is -0.394 e. The standard InChI is InChI=1S/C15H24N2O2/c18-10-12-19-11-2-1-8-17-9-4-6-15(17)14-5-3-7-16-13-14/h3,5,7,13,15,18H,1-2,4,6,8-12H2. The fourth-order valence-corrected chi connectivity index (χ4v) is 2.73. The lowest BCUT2D eigenvalue weighted by Gasteiger charge is -2.24. The third-order valence-electron chi connectivity index (χ3n) is 3.65. The van der Waals surface area contributed by atoms with Crippen molar-refractivity contribution in [2.75, 3.05) is 32.9 Å². The zero-order chi connectivity index (χ0) is 13.3. The van der Waals surface area contributed by atoms with Crippen molar-refractivity contribution in [2.45, 2.75) is 31.7 Å². The van der Waals surface area contributed by atoms with Crippen molar-refractivity contribution in [3.63, 3.8) is 0 Å². The van der Waals surface area contributed by atoms with Crippen molar-refractivity contribution < 1.29 is 9.84 Å². The lowest BCUT2D eigenvalue weighted by molar-refractivity contribution is 0.0877. The molecule has 1 saturated heterocycles. The smallest absolute Gasteiger partial charge is 0.0697 e. The second kappa shape index (κ2) is 8.25. The molecule has 1 aromatic heterocycles. The van der Waals surface area contributed by atoms with E-state index in [0.29, 0.717) is 12.6 Å². The first-order valence-corrected chi connectivity index (χ1v) is 7.24. The summed E-state index contributed by atoms with van der Waals surface area (Å²) in [5, 5.41) is 8.62. The van der Waals surface area contributed by atoms with E-state index in [1.165, 1.54) is 24.9 Å². The predicted molar refractivity (Wildman–Crippen MR) is 74.9 cm³/mol. The molecule has 0 aromatic carbocycles. The zero-order valence-electron chi connectivity index (χ0n) is 11.5. The number of aliphatic hydroxyl groups is 1. The van der Waals surface area contributed by atoms with Gasteiger partial charge in [0.25, 0.3) is 0 Å². The Balaban J connectivity index is 1.71. The molecule has 1 N–H and O–H groups in total. The van der Waals surface area contributed by atoms with Crippen molar-refractivity contribution in [3.05, 3.63) is 30.1 Å². The maximum atomic E-state index is 8.62. The van der Waals surface area contributed by atoms with Crippen LogP contribution >= 0.6 is 0 Å². The Morgan fingerprint density at radius 1 is 1.37 bits per heavy atom. The van der Waals surface area contributed by atoms with Gasteiger partial charge in [0.2, 0.25) is 0 Å². The van der Waals surface area contributed by atoms with E-state index >= 15 is 0 Å². The molecule has 0 aliphatic carbocycles. The second-order valence-corrected chi connectivity index (χ2v) is 5.02. The maximum Gasteiger partial charge on any atom is 0.0697 e. The number of likely N-dealkylation sites (tertiary alicyclic amines) is 1. The van der Waals surface area contributed by atoms with Crippen LogP contribution in [0.2, 0.25) is 0 Å². The molecule has 0 spiro atoms. The van der Waals surface area contributed by atoms with Crippen LogP contribution in [0.25, 0.3) is 0 Å². The number of ether oxygens (including phenoxy) is 1. The summed E-state index contributed by atoms with van der Waals surface area (Å²) >= 11 is 0. The molecular formula is C15H24N2O2. The summed E-state index contributed by atoms with van der Waals surface area (Å²) in [4.78, 5) is 6.78. The van der Waals surface area contributed by atoms with Gasteiger partial charge in [-0.25, -0.2) is 0 Å². The normalized spacial score (nSPS) is 19.9. The van der Waals surface area contributed by atoms with E-state index in [1.807, 2.05) is 18.5 Å². The third kappa shape index (κ3) is 4.56. The molecule has 2 heterocycles. The van der Waals surface area contributed by atoms with E-state index in [2.05, 4.69) is 16.0 Å². The second-order valence-electron chi connectivity index (χ2n) is 5.02. The summed E-state index contributed by atoms with van der Waals surface area (Å²) in [6.07, 6.45) is 8.57. The highest BCUT2D eigenvalue weighted by atomic mass is 16.5. The van der Waals surface area contributed by atoms with Crippen LogP contribution < -0.4 is 0 Å². The molecule has 106 valence electrons. The van der Waals surface area contributed by atoms with Crippen LogP contribution in [-0.4, -0.2) is 47.9 Å². The molecule has 1 aromatic rings. The zero-order valence-corrected chi connectivity index (χ0v) is 11.5. The number of hydrogen-bond donors (Lipinski definition) is 1. The number of nitrogens with zero attached hydrogens (tertiary/aromatic N) is 2. The SMILES string of the molecule is OCCOCCCCN1CCCC1c1cccnc1. The van der Waals surface area contributed by atoms with Crippen molar-refractivity contribution in [3.8, 4) is 0 Å². The van der Waals surface area contributed by atoms with Crippen LogP contribution in [0.3, 0.4) is 0 Å². The largest absolute Gasteiger partial charge is 0.394 e. The van der Waals surface area contributed by atoms with E-state index in [4.69, 9.17) is 9.84 Å². The first-order valence-electron chi connectivity index (χ1n) is 7.24. The van der Waals surface area contributed by atoms with Gasteiger partial charge in [0, 0.05) is 25.0 Å². The van der Waals surface area contributed by atoms with E-state index < -0.39 is 0 Å². The molecule has 0 bridgehead atoms. The predicted octanol–water partition coefficient (Wildman–Crippen LogP) is 2.01. The van der Waals surface area contributed by atoms with Crippen molar-refractivity contribution >= 4 is 0 Å². The van der Waals surface area contributed by atoms with Gasteiger partial charge >= 0.3 is 0 Å². The summed E-state index contributed by atoms with van der Waals surface area (Å²) in [5.41, 5.74) is 1.34. The molecule has 0 radical (unpaired) electrons. The molecular weight excluding hydrogens is 240 g/mol. The highest BCUT2D eigenvalue weighted by Gasteiger charge is 2.25. The number of pyridine rings is 1. The minimum atomic E-state index is 0.120. The Kier molecular flexibility index (Phi) is 6.27. The molecule has 0 saturated carbocycles. The van der Waals surface area contributed by atoms with E-state index in [9.17, 15) is 0 Å². The van der Waals surface area contributed by atoms with Gasteiger partial charge in [0.15, 0.2) is 0 Å². The maximum absolute atomic E-state index is 8.62. The Labute approximate surface area is 115 Å². The van der Waals surface area contributed by atoms with E-state index in [-0.39, 0.29) is 6.61 Å². The Hall–Kier alpha value is -0.970. The molecule has 1 fully saturated rings. The van der Waals surface area contributed by atoms with Crippen molar-refractivity contribution in [2.24, 2.45) is 0 Å². The molecule has 4 heteroatoms. The number of hydrogen-bond acceptors (Lipinski definition) is 4. The molecule has 19 heavy (non-hydrogen) atoms. The highest BCUT2D eigenvalue weighted by molar-refractivity contribution is 5.15. The Bertz CT molecular complexity index is 345. The Morgan fingerprint density at radius 2 is 2.32 bits per heavy atom. The molecule has 1 aliphatic heterocycles. The van der Waals surface area contributed by atoms with Gasteiger partial charge in [-0.3, -0.25) is 9.88 Å². The summed E-state index contributed by atoms with van der Waals surface area (Å²) in [6, 6.07) is 4.75. The van der Waals surface area contributed by atoms with Crippen LogP contribution in [0.5, 0.6) is 0 Å². The summed E-state index contributed by atoms with van der Waals surface area (Å²) in [6.45, 7) is 3.66. The minimum absolute atomic E-state index is 0.120. The monoisotopic (exact) mass is 264 g/mol. The van der Waals surface area contributed by atoms with Crippen LogP contribution in [0, 0.1) is 0 Å². The average molecular weight is 264 g/mol. The molecule has 1 aliphatic rings. The van der Waals surface area contributed by atoms with Gasteiger partial charge in [0.1, 0.15) is 0 Å². The molecule has 1 unspecified atom stereocenters. The molecule has 0 amide bonds. The van der Waals surface area contributed by atoms with Crippen LogP contribution in [0.1, 0.15) is 37.3 Å². The number of unbranched alkanes of at least 4 members (excludes halogenated alkanes) is 1. The van der Waals surface area contributed by atoms with E-state index in [1.54, 1.807) is 0 Å². The summed E-state index contributed by atoms with van der Waals surface area (Å²) in [5.74, 6) is 0. The topological polar surface area (TPSA) is 45.6 Å². The van der Waals surface area contributed by atoms with Crippen LogP contribution in [0.15, 0.2) is 24.5 Å². The molecule has 2 rings (SSSR count). The van der Waals surface area contributed by atoms with Crippen molar-refractivity contribution in [1.29, 1.82) is 0 Å². The van der Waals surface area contributed by atoms with Crippen molar-refractivity contribution in [1.82, 2.24) is 9.88 Å². The number of rotatable bonds is 8. The first kappa shape index (κ1) is 14.4. The summed E-state index contributed by atoms with van der Waals surface area (Å²) in [7, 11) is 0. The van der Waals surface area contributed by atoms with E-state index in [0.717, 1.165) is 26.0 Å². The summed E-state index contributed by atoms with van der Waals surface area (Å²) < 4.78 is 5.28. The Morgan fingerprint density at radius 3 is 3.11 bits per heavy atom. The van der Waals surface area contributed by atoms with Crippen LogP contribution in [-0.2, 0) is 4.74 Å². The highest BCUT2D eigenvalue weighted by Crippen LogP contribution is 2.31. The lowest BCUT2D eigenvalue weighted by Crippen LogP contribution is -2.24. The fourth-order valence-electron chi connectivity index (χ4n) is 2.73. The average Bonchev–Trinajstić information content (AvgIpc) is 2.92. The van der Waals surface area contributed by atoms with Gasteiger partial charge in [-0.1, -0.05) is 6.07 Å².